The van der Waals surface area contributed by atoms with Gasteiger partial charge in [0.2, 0.25) is 17.7 Å². The highest BCUT2D eigenvalue weighted by atomic mass is 35.5. The minimum atomic E-state index is -0.720. The third kappa shape index (κ3) is 5.49. The number of hydrogen-bond acceptors (Lipinski definition) is 4. The SMILES string of the molecule is CC(C)CC(C(=O)NC1CCN(Cc2ccc(Cl)cc2)CC1)N1C(=O)C2CC=CCC2C1=O. The molecule has 1 aromatic carbocycles. The molecule has 2 aliphatic heterocycles. The number of allylic oxidation sites excluding steroid dienone is 2. The summed E-state index contributed by atoms with van der Waals surface area (Å²) in [5.41, 5.74) is 1.22. The average molecular weight is 472 g/mol. The fourth-order valence-corrected chi connectivity index (χ4v) is 5.42. The number of hydrogen-bond donors (Lipinski definition) is 1. The maximum atomic E-state index is 13.3. The van der Waals surface area contributed by atoms with Gasteiger partial charge >= 0.3 is 0 Å². The van der Waals surface area contributed by atoms with E-state index in [9.17, 15) is 14.4 Å². The second kappa shape index (κ2) is 10.4. The second-order valence-corrected chi connectivity index (χ2v) is 10.5. The van der Waals surface area contributed by atoms with E-state index in [1.807, 2.05) is 50.3 Å². The summed E-state index contributed by atoms with van der Waals surface area (Å²) in [5.74, 6) is -0.945. The molecular weight excluding hydrogens is 438 g/mol. The van der Waals surface area contributed by atoms with Crippen LogP contribution in [0, 0.1) is 17.8 Å². The monoisotopic (exact) mass is 471 g/mol. The molecule has 0 bridgehead atoms. The Morgan fingerprint density at radius 2 is 1.61 bits per heavy atom. The zero-order valence-electron chi connectivity index (χ0n) is 19.5. The first-order valence-electron chi connectivity index (χ1n) is 12.1. The van der Waals surface area contributed by atoms with E-state index in [0.717, 1.165) is 37.5 Å². The number of carbonyl (C=O) groups is 3. The first kappa shape index (κ1) is 24.0. The molecule has 4 rings (SSSR count). The summed E-state index contributed by atoms with van der Waals surface area (Å²) in [6, 6.07) is 7.25. The minimum Gasteiger partial charge on any atom is -0.351 e. The van der Waals surface area contributed by atoms with Crippen molar-refractivity contribution in [3.8, 4) is 0 Å². The normalized spacial score (nSPS) is 24.9. The van der Waals surface area contributed by atoms with Gasteiger partial charge < -0.3 is 5.32 Å². The van der Waals surface area contributed by atoms with Gasteiger partial charge in [0.25, 0.3) is 0 Å². The Labute approximate surface area is 201 Å². The molecule has 2 saturated heterocycles. The van der Waals surface area contributed by atoms with Gasteiger partial charge in [0, 0.05) is 30.7 Å². The lowest BCUT2D eigenvalue weighted by Gasteiger charge is -2.34. The van der Waals surface area contributed by atoms with Crippen LogP contribution in [0.4, 0.5) is 0 Å². The van der Waals surface area contributed by atoms with E-state index in [1.165, 1.54) is 10.5 Å². The molecule has 7 heteroatoms. The zero-order valence-corrected chi connectivity index (χ0v) is 20.3. The van der Waals surface area contributed by atoms with Gasteiger partial charge in [0.15, 0.2) is 0 Å². The fraction of sp³-hybridized carbons (Fsp3) is 0.577. The molecule has 0 aromatic heterocycles. The van der Waals surface area contributed by atoms with Crippen LogP contribution < -0.4 is 5.32 Å². The summed E-state index contributed by atoms with van der Waals surface area (Å²) in [7, 11) is 0. The maximum absolute atomic E-state index is 13.3. The van der Waals surface area contributed by atoms with Crippen LogP contribution >= 0.6 is 11.6 Å². The van der Waals surface area contributed by atoms with Crippen molar-refractivity contribution < 1.29 is 14.4 Å². The van der Waals surface area contributed by atoms with Gasteiger partial charge in [-0.05, 0) is 55.7 Å². The number of amides is 3. The van der Waals surface area contributed by atoms with Crippen molar-refractivity contribution in [2.24, 2.45) is 17.8 Å². The molecule has 2 fully saturated rings. The molecule has 1 N–H and O–H groups in total. The quantitative estimate of drug-likeness (QED) is 0.485. The number of carbonyl (C=O) groups excluding carboxylic acids is 3. The molecule has 0 spiro atoms. The van der Waals surface area contributed by atoms with Crippen LogP contribution in [0.3, 0.4) is 0 Å². The van der Waals surface area contributed by atoms with Crippen molar-refractivity contribution in [2.45, 2.75) is 64.6 Å². The Balaban J connectivity index is 1.36. The van der Waals surface area contributed by atoms with E-state index in [0.29, 0.717) is 19.3 Å². The largest absolute Gasteiger partial charge is 0.351 e. The molecule has 6 nitrogen and oxygen atoms in total. The van der Waals surface area contributed by atoms with E-state index in [-0.39, 0.29) is 41.5 Å². The van der Waals surface area contributed by atoms with Crippen molar-refractivity contribution in [3.05, 3.63) is 47.0 Å². The average Bonchev–Trinajstić information content (AvgIpc) is 3.05. The lowest BCUT2D eigenvalue weighted by molar-refractivity contribution is -0.148. The Morgan fingerprint density at radius 3 is 2.15 bits per heavy atom. The van der Waals surface area contributed by atoms with E-state index in [1.54, 1.807) is 0 Å². The van der Waals surface area contributed by atoms with Crippen molar-refractivity contribution in [1.29, 1.82) is 0 Å². The summed E-state index contributed by atoms with van der Waals surface area (Å²) in [5, 5.41) is 3.91. The van der Waals surface area contributed by atoms with Gasteiger partial charge in [-0.25, -0.2) is 0 Å². The van der Waals surface area contributed by atoms with Crippen molar-refractivity contribution in [2.75, 3.05) is 13.1 Å². The number of rotatable bonds is 7. The van der Waals surface area contributed by atoms with E-state index in [2.05, 4.69) is 10.2 Å². The predicted molar refractivity (Wildman–Crippen MR) is 128 cm³/mol. The number of nitrogens with zero attached hydrogens (tertiary/aromatic N) is 2. The number of halogens is 1. The third-order valence-corrected chi connectivity index (χ3v) is 7.36. The number of imide groups is 1. The third-order valence-electron chi connectivity index (χ3n) is 7.10. The number of likely N-dealkylation sites (tertiary alicyclic amines) is 2. The highest BCUT2D eigenvalue weighted by Gasteiger charge is 2.51. The lowest BCUT2D eigenvalue weighted by Crippen LogP contribution is -2.54. The molecule has 33 heavy (non-hydrogen) atoms. The number of piperidine rings is 1. The standard InChI is InChI=1S/C26H34ClN3O3/c1-17(2)15-23(30-25(32)21-5-3-4-6-22(21)26(30)33)24(31)28-20-11-13-29(14-12-20)16-18-7-9-19(27)10-8-18/h3-4,7-10,17,20-23H,5-6,11-16H2,1-2H3,(H,28,31). The first-order valence-corrected chi connectivity index (χ1v) is 12.5. The smallest absolute Gasteiger partial charge is 0.243 e. The van der Waals surface area contributed by atoms with E-state index in [4.69, 9.17) is 11.6 Å². The molecule has 2 heterocycles. The summed E-state index contributed by atoms with van der Waals surface area (Å²) < 4.78 is 0. The van der Waals surface area contributed by atoms with Crippen LogP contribution in [0.5, 0.6) is 0 Å². The predicted octanol–water partition coefficient (Wildman–Crippen LogP) is 3.79. The Hall–Kier alpha value is -2.18. The summed E-state index contributed by atoms with van der Waals surface area (Å²) in [6.07, 6.45) is 7.33. The van der Waals surface area contributed by atoms with Gasteiger partial charge in [0.1, 0.15) is 6.04 Å². The Bertz CT molecular complexity index is 880. The Morgan fingerprint density at radius 1 is 1.03 bits per heavy atom. The van der Waals surface area contributed by atoms with Crippen LogP contribution in [-0.4, -0.2) is 52.7 Å². The molecule has 1 aliphatic carbocycles. The molecule has 0 radical (unpaired) electrons. The van der Waals surface area contributed by atoms with Crippen molar-refractivity contribution in [1.82, 2.24) is 15.1 Å². The van der Waals surface area contributed by atoms with Crippen LogP contribution in [0.15, 0.2) is 36.4 Å². The fourth-order valence-electron chi connectivity index (χ4n) is 5.29. The molecule has 0 saturated carbocycles. The molecule has 3 unspecified atom stereocenters. The topological polar surface area (TPSA) is 69.7 Å². The summed E-state index contributed by atoms with van der Waals surface area (Å²) in [4.78, 5) is 43.2. The summed E-state index contributed by atoms with van der Waals surface area (Å²) >= 11 is 5.98. The number of fused-ring (bicyclic) bond motifs is 1. The van der Waals surface area contributed by atoms with Crippen molar-refractivity contribution in [3.63, 3.8) is 0 Å². The van der Waals surface area contributed by atoms with Crippen LogP contribution in [0.2, 0.25) is 5.02 Å². The second-order valence-electron chi connectivity index (χ2n) is 10.0. The van der Waals surface area contributed by atoms with Gasteiger partial charge in [0.05, 0.1) is 11.8 Å². The van der Waals surface area contributed by atoms with E-state index >= 15 is 0 Å². The van der Waals surface area contributed by atoms with Gasteiger partial charge in [-0.2, -0.15) is 0 Å². The molecular formula is C26H34ClN3O3. The van der Waals surface area contributed by atoms with Gasteiger partial charge in [-0.3, -0.25) is 24.2 Å². The highest BCUT2D eigenvalue weighted by Crippen LogP contribution is 2.37. The van der Waals surface area contributed by atoms with Crippen LogP contribution in [0.25, 0.3) is 0 Å². The molecule has 3 aliphatic rings. The first-order chi connectivity index (χ1) is 15.8. The molecule has 3 atom stereocenters. The maximum Gasteiger partial charge on any atom is 0.243 e. The molecule has 178 valence electrons. The number of benzene rings is 1. The molecule has 1 aromatic rings. The minimum absolute atomic E-state index is 0.0605. The van der Waals surface area contributed by atoms with Gasteiger partial charge in [-0.1, -0.05) is 49.7 Å². The Kier molecular flexibility index (Phi) is 7.55. The summed E-state index contributed by atoms with van der Waals surface area (Å²) in [6.45, 7) is 6.69. The van der Waals surface area contributed by atoms with Crippen LogP contribution in [-0.2, 0) is 20.9 Å². The number of nitrogens with one attached hydrogen (secondary N) is 1. The highest BCUT2D eigenvalue weighted by molar-refractivity contribution is 6.30. The van der Waals surface area contributed by atoms with Gasteiger partial charge in [-0.15, -0.1) is 0 Å². The van der Waals surface area contributed by atoms with Crippen molar-refractivity contribution >= 4 is 29.3 Å². The molecule has 3 amide bonds. The van der Waals surface area contributed by atoms with E-state index < -0.39 is 6.04 Å². The zero-order chi connectivity index (χ0) is 23.5. The lowest BCUT2D eigenvalue weighted by atomic mass is 9.85. The van der Waals surface area contributed by atoms with Crippen LogP contribution in [0.1, 0.15) is 51.5 Å².